The fourth-order valence-electron chi connectivity index (χ4n) is 2.04. The van der Waals surface area contributed by atoms with E-state index in [1.54, 1.807) is 31.3 Å². The first-order valence-electron chi connectivity index (χ1n) is 7.11. The fraction of sp³-hybridized carbons (Fsp3) is 0.188. The summed E-state index contributed by atoms with van der Waals surface area (Å²) in [5.41, 5.74) is 6.81. The lowest BCUT2D eigenvalue weighted by Crippen LogP contribution is -2.39. The molecule has 0 unspecified atom stereocenters. The molecule has 1 aromatic heterocycles. The van der Waals surface area contributed by atoms with E-state index in [0.717, 1.165) is 11.3 Å². The molecule has 24 heavy (non-hydrogen) atoms. The van der Waals surface area contributed by atoms with Crippen LogP contribution >= 0.6 is 23.4 Å². The third kappa shape index (κ3) is 4.39. The number of imide groups is 1. The van der Waals surface area contributed by atoms with Gasteiger partial charge >= 0.3 is 6.03 Å². The molecule has 3 amide bonds. The SMILES string of the molecule is C=CCn1c(-c2ccc(Cl)cc2)cnc1S[C@H](C)C(=O)NC(N)=O. The van der Waals surface area contributed by atoms with Crippen molar-refractivity contribution in [3.8, 4) is 11.3 Å². The van der Waals surface area contributed by atoms with Crippen molar-refractivity contribution in [1.29, 1.82) is 0 Å². The Labute approximate surface area is 149 Å². The summed E-state index contributed by atoms with van der Waals surface area (Å²) in [7, 11) is 0. The Kier molecular flexibility index (Phi) is 6.05. The fourth-order valence-corrected chi connectivity index (χ4v) is 3.07. The molecule has 1 aromatic carbocycles. The van der Waals surface area contributed by atoms with Crippen LogP contribution in [0.1, 0.15) is 6.92 Å². The molecule has 0 aliphatic heterocycles. The number of imidazole rings is 1. The number of urea groups is 1. The molecule has 6 nitrogen and oxygen atoms in total. The Morgan fingerprint density at radius 2 is 2.12 bits per heavy atom. The number of aromatic nitrogens is 2. The topological polar surface area (TPSA) is 90.0 Å². The Bertz CT molecular complexity index is 758. The van der Waals surface area contributed by atoms with Gasteiger partial charge in [0.15, 0.2) is 5.16 Å². The van der Waals surface area contributed by atoms with Crippen LogP contribution in [-0.4, -0.2) is 26.7 Å². The van der Waals surface area contributed by atoms with Gasteiger partial charge in [-0.1, -0.05) is 41.6 Å². The molecule has 0 fully saturated rings. The summed E-state index contributed by atoms with van der Waals surface area (Å²) in [4.78, 5) is 27.0. The summed E-state index contributed by atoms with van der Waals surface area (Å²) in [6, 6.07) is 6.53. The second-order valence-electron chi connectivity index (χ2n) is 4.95. The number of nitrogens with two attached hydrogens (primary N) is 1. The zero-order chi connectivity index (χ0) is 17.7. The molecule has 8 heteroatoms. The van der Waals surface area contributed by atoms with Crippen LogP contribution < -0.4 is 11.1 Å². The van der Waals surface area contributed by atoms with E-state index < -0.39 is 17.2 Å². The van der Waals surface area contributed by atoms with Gasteiger partial charge in [-0.15, -0.1) is 6.58 Å². The number of nitrogens with one attached hydrogen (secondary N) is 1. The van der Waals surface area contributed by atoms with Crippen molar-refractivity contribution in [2.45, 2.75) is 23.9 Å². The summed E-state index contributed by atoms with van der Waals surface area (Å²) in [5, 5.41) is 2.84. The van der Waals surface area contributed by atoms with E-state index in [4.69, 9.17) is 17.3 Å². The molecule has 2 aromatic rings. The number of carbonyl (C=O) groups is 2. The Morgan fingerprint density at radius 3 is 2.71 bits per heavy atom. The van der Waals surface area contributed by atoms with Crippen LogP contribution in [0.25, 0.3) is 11.3 Å². The molecule has 0 radical (unpaired) electrons. The van der Waals surface area contributed by atoms with E-state index in [1.807, 2.05) is 16.7 Å². The number of carbonyl (C=O) groups excluding carboxylic acids is 2. The zero-order valence-corrected chi connectivity index (χ0v) is 14.6. The highest BCUT2D eigenvalue weighted by Gasteiger charge is 2.20. The molecule has 126 valence electrons. The quantitative estimate of drug-likeness (QED) is 0.608. The van der Waals surface area contributed by atoms with Crippen molar-refractivity contribution in [2.75, 3.05) is 0 Å². The number of primary amides is 1. The van der Waals surface area contributed by atoms with Crippen LogP contribution in [-0.2, 0) is 11.3 Å². The largest absolute Gasteiger partial charge is 0.351 e. The van der Waals surface area contributed by atoms with Crippen LogP contribution in [0.2, 0.25) is 5.02 Å². The number of allylic oxidation sites excluding steroid dienone is 1. The molecule has 0 spiro atoms. The standard InChI is InChI=1S/C16H17ClN4O2S/c1-3-8-21-13(11-4-6-12(17)7-5-11)9-19-16(21)24-10(2)14(22)20-15(18)23/h3-7,9-10H,1,8H2,2H3,(H3,18,20,22,23)/t10-/m1/s1. The Hall–Kier alpha value is -2.25. The van der Waals surface area contributed by atoms with Gasteiger partial charge in [0, 0.05) is 11.6 Å². The van der Waals surface area contributed by atoms with E-state index >= 15 is 0 Å². The third-order valence-corrected chi connectivity index (χ3v) is 4.52. The van der Waals surface area contributed by atoms with Gasteiger partial charge in [-0.2, -0.15) is 0 Å². The molecule has 0 aliphatic rings. The summed E-state index contributed by atoms with van der Waals surface area (Å²) >= 11 is 7.16. The van der Waals surface area contributed by atoms with Gasteiger partial charge in [-0.25, -0.2) is 9.78 Å². The number of hydrogen-bond donors (Lipinski definition) is 2. The predicted octanol–water partition coefficient (Wildman–Crippen LogP) is 3.07. The van der Waals surface area contributed by atoms with Gasteiger partial charge < -0.3 is 10.3 Å². The molecule has 2 rings (SSSR count). The minimum Gasteiger partial charge on any atom is -0.351 e. The first kappa shape index (κ1) is 18.1. The molecule has 0 bridgehead atoms. The number of hydrogen-bond acceptors (Lipinski definition) is 4. The monoisotopic (exact) mass is 364 g/mol. The Morgan fingerprint density at radius 1 is 1.46 bits per heavy atom. The van der Waals surface area contributed by atoms with E-state index in [1.165, 1.54) is 11.8 Å². The average Bonchev–Trinajstić information content (AvgIpc) is 2.90. The molecular weight excluding hydrogens is 348 g/mol. The van der Waals surface area contributed by atoms with E-state index in [9.17, 15) is 9.59 Å². The van der Waals surface area contributed by atoms with Crippen LogP contribution in [0.3, 0.4) is 0 Å². The van der Waals surface area contributed by atoms with Gasteiger partial charge in [-0.3, -0.25) is 10.1 Å². The number of amides is 3. The highest BCUT2D eigenvalue weighted by Crippen LogP contribution is 2.29. The molecule has 1 heterocycles. The van der Waals surface area contributed by atoms with E-state index in [0.29, 0.717) is 16.7 Å². The lowest BCUT2D eigenvalue weighted by molar-refractivity contribution is -0.119. The highest BCUT2D eigenvalue weighted by atomic mass is 35.5. The summed E-state index contributed by atoms with van der Waals surface area (Å²) in [6.07, 6.45) is 3.48. The van der Waals surface area contributed by atoms with Crippen LogP contribution in [0.4, 0.5) is 4.79 Å². The maximum atomic E-state index is 11.8. The summed E-state index contributed by atoms with van der Waals surface area (Å²) in [5.74, 6) is -0.464. The second-order valence-corrected chi connectivity index (χ2v) is 6.69. The minimum absolute atomic E-state index is 0.464. The van der Waals surface area contributed by atoms with Gasteiger partial charge in [0.1, 0.15) is 0 Å². The minimum atomic E-state index is -0.872. The summed E-state index contributed by atoms with van der Waals surface area (Å²) in [6.45, 7) is 5.97. The first-order valence-corrected chi connectivity index (χ1v) is 8.37. The second kappa shape index (κ2) is 8.03. The number of nitrogens with zero attached hydrogens (tertiary/aromatic N) is 2. The predicted molar refractivity (Wildman–Crippen MR) is 95.9 cm³/mol. The summed E-state index contributed by atoms with van der Waals surface area (Å²) < 4.78 is 1.94. The first-order chi connectivity index (χ1) is 11.4. The van der Waals surface area contributed by atoms with Gasteiger partial charge in [-0.05, 0) is 24.6 Å². The maximum absolute atomic E-state index is 11.8. The van der Waals surface area contributed by atoms with Crippen LogP contribution in [0.15, 0.2) is 48.3 Å². The lowest BCUT2D eigenvalue weighted by Gasteiger charge is -2.13. The van der Waals surface area contributed by atoms with Crippen LogP contribution in [0.5, 0.6) is 0 Å². The van der Waals surface area contributed by atoms with E-state index in [2.05, 4.69) is 16.9 Å². The third-order valence-electron chi connectivity index (χ3n) is 3.17. The number of rotatable bonds is 6. The lowest BCUT2D eigenvalue weighted by atomic mass is 10.2. The number of thioether (sulfide) groups is 1. The number of halogens is 1. The zero-order valence-electron chi connectivity index (χ0n) is 13.0. The molecule has 1 atom stereocenters. The smallest absolute Gasteiger partial charge is 0.318 e. The molecular formula is C16H17ClN4O2S. The van der Waals surface area contributed by atoms with Gasteiger partial charge in [0.25, 0.3) is 0 Å². The van der Waals surface area contributed by atoms with Crippen LogP contribution in [0, 0.1) is 0 Å². The van der Waals surface area contributed by atoms with E-state index in [-0.39, 0.29) is 0 Å². The normalized spacial score (nSPS) is 11.8. The van der Waals surface area contributed by atoms with Crippen molar-refractivity contribution in [3.63, 3.8) is 0 Å². The Balaban J connectivity index is 2.27. The molecule has 0 saturated heterocycles. The van der Waals surface area contributed by atoms with Crippen molar-refractivity contribution < 1.29 is 9.59 Å². The average molecular weight is 365 g/mol. The van der Waals surface area contributed by atoms with Crippen molar-refractivity contribution in [2.24, 2.45) is 5.73 Å². The van der Waals surface area contributed by atoms with Crippen molar-refractivity contribution in [1.82, 2.24) is 14.9 Å². The van der Waals surface area contributed by atoms with Crippen molar-refractivity contribution in [3.05, 3.63) is 48.1 Å². The molecule has 0 aliphatic carbocycles. The molecule has 3 N–H and O–H groups in total. The van der Waals surface area contributed by atoms with Crippen molar-refractivity contribution >= 4 is 35.3 Å². The van der Waals surface area contributed by atoms with Gasteiger partial charge in [0.05, 0.1) is 17.1 Å². The maximum Gasteiger partial charge on any atom is 0.318 e. The number of benzene rings is 1. The highest BCUT2D eigenvalue weighted by molar-refractivity contribution is 8.00. The molecule has 0 saturated carbocycles. The van der Waals surface area contributed by atoms with Gasteiger partial charge in [0.2, 0.25) is 5.91 Å².